The van der Waals surface area contributed by atoms with Crippen molar-refractivity contribution >= 4 is 0 Å². The number of rotatable bonds is 0. The van der Waals surface area contributed by atoms with E-state index in [2.05, 4.69) is 0 Å². The van der Waals surface area contributed by atoms with E-state index in [1.165, 1.54) is 6.92 Å². The number of hydrogen-bond acceptors (Lipinski definition) is 0. The summed E-state index contributed by atoms with van der Waals surface area (Å²) in [7, 11) is 0. The summed E-state index contributed by atoms with van der Waals surface area (Å²) in [4.78, 5) is 0. The van der Waals surface area contributed by atoms with Crippen LogP contribution in [0.15, 0.2) is 24.2 Å². The molecule has 0 nitrogen and oxygen atoms in total. The van der Waals surface area contributed by atoms with Gasteiger partial charge in [-0.25, -0.2) is 4.39 Å². The van der Waals surface area contributed by atoms with E-state index in [-0.39, 0.29) is 17.6 Å². The molecule has 0 N–H and O–H groups in total. The van der Waals surface area contributed by atoms with Crippen molar-refractivity contribution in [1.29, 1.82) is 0 Å². The Hall–Kier alpha value is -0.850. The van der Waals surface area contributed by atoms with Crippen LogP contribution in [0.1, 0.15) is 11.0 Å². The van der Waals surface area contributed by atoms with Gasteiger partial charge in [0, 0.05) is 0 Å². The van der Waals surface area contributed by atoms with Gasteiger partial charge in [0.1, 0.15) is 5.82 Å². The fourth-order valence-electron chi connectivity index (χ4n) is 0.360. The zero-order chi connectivity index (χ0) is 9.46. The van der Waals surface area contributed by atoms with E-state index in [0.29, 0.717) is 0 Å². The Morgan fingerprint density at radius 3 is 2.38 bits per heavy atom. The van der Waals surface area contributed by atoms with Crippen LogP contribution in [0.25, 0.3) is 0 Å². The van der Waals surface area contributed by atoms with Gasteiger partial charge >= 0.3 is 0 Å². The van der Waals surface area contributed by atoms with E-state index in [1.807, 2.05) is 0 Å². The van der Waals surface area contributed by atoms with Crippen LogP contribution < -0.4 is 0 Å². The van der Waals surface area contributed by atoms with Crippen molar-refractivity contribution in [3.05, 3.63) is 35.6 Å². The summed E-state index contributed by atoms with van der Waals surface area (Å²) >= 11 is 0. The molecule has 0 amide bonds. The van der Waals surface area contributed by atoms with E-state index in [4.69, 9.17) is 5.48 Å². The first kappa shape index (κ1) is 2.18. The van der Waals surface area contributed by atoms with E-state index in [0.717, 1.165) is 0 Å². The van der Waals surface area contributed by atoms with Gasteiger partial charge in [-0.05, 0) is 19.0 Å². The van der Waals surface area contributed by atoms with Gasteiger partial charge in [0.05, 0.1) is 5.48 Å². The maximum Gasteiger partial charge on any atom is 0.123 e. The monoisotopic (exact) mass is 114 g/mol. The first-order valence-electron chi connectivity index (χ1n) is 4.19. The molecule has 0 bridgehead atoms. The lowest BCUT2D eigenvalue weighted by atomic mass is 10.2. The minimum absolute atomic E-state index is 0.173. The maximum atomic E-state index is 12.8. The van der Waals surface area contributed by atoms with Gasteiger partial charge in [0.15, 0.2) is 0 Å². The lowest BCUT2D eigenvalue weighted by molar-refractivity contribution is 0.627. The largest absolute Gasteiger partial charge is 0.207 e. The zero-order valence-electron chi connectivity index (χ0n) is 8.38. The van der Waals surface area contributed by atoms with Gasteiger partial charge in [0.2, 0.25) is 0 Å². The fourth-order valence-corrected chi connectivity index (χ4v) is 0.360. The standard InChI is InChI=1S/C7H7F/c1-6-2-4-7(8)5-3-6/h2-5H,1H3/i2D,3D,4D,5D. The van der Waals surface area contributed by atoms with Crippen LogP contribution in [0.3, 0.4) is 0 Å². The molecule has 0 aliphatic heterocycles. The summed E-state index contributed by atoms with van der Waals surface area (Å²) in [6, 6.07) is -1.83. The van der Waals surface area contributed by atoms with Crippen molar-refractivity contribution in [1.82, 2.24) is 0 Å². The third kappa shape index (κ3) is 1.06. The number of halogens is 1. The molecule has 1 heteroatoms. The van der Waals surface area contributed by atoms with Gasteiger partial charge in [-0.15, -0.1) is 0 Å². The van der Waals surface area contributed by atoms with E-state index in [1.54, 1.807) is 0 Å². The van der Waals surface area contributed by atoms with Gasteiger partial charge in [-0.2, -0.15) is 0 Å². The number of hydrogen-bond donors (Lipinski definition) is 0. The molecule has 0 heterocycles. The molecule has 1 aromatic carbocycles. The summed E-state index contributed by atoms with van der Waals surface area (Å²) < 4.78 is 41.3. The highest BCUT2D eigenvalue weighted by molar-refractivity contribution is 5.13. The highest BCUT2D eigenvalue weighted by Crippen LogP contribution is 1.98. The molecule has 0 aliphatic carbocycles. The molecule has 1 rings (SSSR count). The van der Waals surface area contributed by atoms with Crippen LogP contribution in [0.2, 0.25) is 0 Å². The predicted molar refractivity (Wildman–Crippen MR) is 31.1 cm³/mol. The smallest absolute Gasteiger partial charge is 0.123 e. The summed E-state index contributed by atoms with van der Waals surface area (Å²) in [5.74, 6) is -1.09. The molecule has 0 fully saturated rings. The Labute approximate surface area is 53.6 Å². The molecular formula is C7H7F. The zero-order valence-corrected chi connectivity index (χ0v) is 4.38. The van der Waals surface area contributed by atoms with Crippen LogP contribution in [-0.4, -0.2) is 0 Å². The third-order valence-electron chi connectivity index (χ3n) is 0.719. The molecule has 0 aromatic heterocycles. The van der Waals surface area contributed by atoms with Gasteiger partial charge in [0.25, 0.3) is 0 Å². The Morgan fingerprint density at radius 2 is 1.88 bits per heavy atom. The van der Waals surface area contributed by atoms with Crippen molar-refractivity contribution in [2.24, 2.45) is 0 Å². The topological polar surface area (TPSA) is 0 Å². The minimum atomic E-state index is -1.09. The number of benzene rings is 1. The van der Waals surface area contributed by atoms with E-state index >= 15 is 0 Å². The first-order chi connectivity index (χ1) is 5.46. The Bertz CT molecular complexity index is 230. The van der Waals surface area contributed by atoms with Crippen molar-refractivity contribution in [2.75, 3.05) is 0 Å². The van der Waals surface area contributed by atoms with Crippen LogP contribution in [0.5, 0.6) is 0 Å². The van der Waals surface area contributed by atoms with Crippen LogP contribution in [-0.2, 0) is 0 Å². The highest BCUT2D eigenvalue weighted by Gasteiger charge is 1.83. The molecule has 0 unspecified atom stereocenters. The second-order valence-corrected chi connectivity index (χ2v) is 1.44. The quantitative estimate of drug-likeness (QED) is 0.484. The molecule has 0 saturated heterocycles. The average molecular weight is 114 g/mol. The van der Waals surface area contributed by atoms with Crippen LogP contribution in [0.4, 0.5) is 4.39 Å². The molecular weight excluding hydrogens is 103 g/mol. The van der Waals surface area contributed by atoms with Crippen LogP contribution in [0, 0.1) is 12.7 Å². The molecule has 0 atom stereocenters. The van der Waals surface area contributed by atoms with Crippen molar-refractivity contribution in [2.45, 2.75) is 6.92 Å². The lowest BCUT2D eigenvalue weighted by Gasteiger charge is -1.87. The SMILES string of the molecule is [2H]c1c([2H])c(F)c([2H])c([2H])c1C. The second-order valence-electron chi connectivity index (χ2n) is 1.44. The van der Waals surface area contributed by atoms with Crippen molar-refractivity contribution in [3.8, 4) is 0 Å². The van der Waals surface area contributed by atoms with E-state index in [9.17, 15) is 4.39 Å². The van der Waals surface area contributed by atoms with Crippen LogP contribution >= 0.6 is 0 Å². The third-order valence-corrected chi connectivity index (χ3v) is 0.719. The second kappa shape index (κ2) is 1.95. The Morgan fingerprint density at radius 1 is 1.38 bits per heavy atom. The molecule has 1 aromatic rings. The van der Waals surface area contributed by atoms with Gasteiger partial charge in [-0.1, -0.05) is 17.6 Å². The fraction of sp³-hybridized carbons (Fsp3) is 0.143. The van der Waals surface area contributed by atoms with Gasteiger partial charge < -0.3 is 0 Å². The lowest BCUT2D eigenvalue weighted by Crippen LogP contribution is -1.71. The molecule has 42 valence electrons. The molecule has 0 aliphatic rings. The van der Waals surface area contributed by atoms with Crippen molar-refractivity contribution in [3.63, 3.8) is 0 Å². The maximum absolute atomic E-state index is 12.8. The minimum Gasteiger partial charge on any atom is -0.207 e. The summed E-state index contributed by atoms with van der Waals surface area (Å²) in [5, 5.41) is 0. The highest BCUT2D eigenvalue weighted by atomic mass is 19.1. The molecule has 0 saturated carbocycles. The molecule has 0 radical (unpaired) electrons. The first-order valence-corrected chi connectivity index (χ1v) is 2.19. The predicted octanol–water partition coefficient (Wildman–Crippen LogP) is 2.13. The Balaban J connectivity index is 3.60. The molecule has 8 heavy (non-hydrogen) atoms. The summed E-state index contributed by atoms with van der Waals surface area (Å²) in [5.41, 5.74) is 0.173. The average Bonchev–Trinajstić information content (AvgIpc) is 2.08. The molecule has 0 spiro atoms. The summed E-state index contributed by atoms with van der Waals surface area (Å²) in [6.45, 7) is 1.43. The Kier molecular flexibility index (Phi) is 0.530. The van der Waals surface area contributed by atoms with E-state index < -0.39 is 17.9 Å². The van der Waals surface area contributed by atoms with Gasteiger partial charge in [-0.3, -0.25) is 0 Å². The van der Waals surface area contributed by atoms with Crippen molar-refractivity contribution < 1.29 is 9.87 Å². The summed E-state index contributed by atoms with van der Waals surface area (Å²) in [6.07, 6.45) is 0. The normalized spacial score (nSPS) is 16.2.